The molecular weight excluding hydrogens is 174 g/mol. The summed E-state index contributed by atoms with van der Waals surface area (Å²) in [6.45, 7) is 9.18. The van der Waals surface area contributed by atoms with E-state index in [4.69, 9.17) is 0 Å². The van der Waals surface area contributed by atoms with Crippen molar-refractivity contribution in [1.29, 1.82) is 0 Å². The van der Waals surface area contributed by atoms with Crippen LogP contribution in [0.1, 0.15) is 26.7 Å². The Morgan fingerprint density at radius 2 is 2.29 bits per heavy atom. The van der Waals surface area contributed by atoms with Crippen molar-refractivity contribution in [1.82, 2.24) is 15.5 Å². The first-order valence-electron chi connectivity index (χ1n) is 5.84. The van der Waals surface area contributed by atoms with E-state index in [1.165, 1.54) is 25.9 Å². The van der Waals surface area contributed by atoms with E-state index in [-0.39, 0.29) is 0 Å². The highest BCUT2D eigenvalue weighted by Crippen LogP contribution is 1.98. The molecule has 1 rings (SSSR count). The van der Waals surface area contributed by atoms with Gasteiger partial charge in [0.05, 0.1) is 0 Å². The third-order valence-corrected chi connectivity index (χ3v) is 3.06. The van der Waals surface area contributed by atoms with Crippen molar-refractivity contribution < 1.29 is 0 Å². The van der Waals surface area contributed by atoms with E-state index in [1.807, 2.05) is 0 Å². The minimum absolute atomic E-state index is 0.670. The normalized spacial score (nSPS) is 22.5. The van der Waals surface area contributed by atoms with Crippen LogP contribution in [0.15, 0.2) is 0 Å². The monoisotopic (exact) mass is 199 g/mol. The maximum absolute atomic E-state index is 3.59. The molecule has 1 aliphatic heterocycles. The molecule has 0 saturated carbocycles. The van der Waals surface area contributed by atoms with Gasteiger partial charge in [-0.1, -0.05) is 0 Å². The Kier molecular flexibility index (Phi) is 5.45. The summed E-state index contributed by atoms with van der Waals surface area (Å²) in [7, 11) is 2.20. The molecule has 1 heterocycles. The van der Waals surface area contributed by atoms with E-state index in [1.54, 1.807) is 0 Å². The fourth-order valence-corrected chi connectivity index (χ4v) is 1.72. The summed E-state index contributed by atoms with van der Waals surface area (Å²) in [5, 5.41) is 6.95. The van der Waals surface area contributed by atoms with E-state index in [9.17, 15) is 0 Å². The second kappa shape index (κ2) is 6.38. The zero-order valence-electron chi connectivity index (χ0n) is 9.84. The standard InChI is InChI=1S/C11H25N3/c1-10(2)14(3)8-4-6-13-11-5-7-12-9-11/h10-13H,4-9H2,1-3H3. The number of rotatable bonds is 6. The Morgan fingerprint density at radius 3 is 2.86 bits per heavy atom. The van der Waals surface area contributed by atoms with Gasteiger partial charge in [0.1, 0.15) is 0 Å². The minimum Gasteiger partial charge on any atom is -0.315 e. The molecule has 2 N–H and O–H groups in total. The van der Waals surface area contributed by atoms with Crippen LogP contribution in [0.4, 0.5) is 0 Å². The number of hydrogen-bond acceptors (Lipinski definition) is 3. The van der Waals surface area contributed by atoms with Gasteiger partial charge in [0.25, 0.3) is 0 Å². The number of nitrogens with one attached hydrogen (secondary N) is 2. The fourth-order valence-electron chi connectivity index (χ4n) is 1.72. The van der Waals surface area contributed by atoms with Gasteiger partial charge in [0.15, 0.2) is 0 Å². The Hall–Kier alpha value is -0.120. The first-order chi connectivity index (χ1) is 6.70. The van der Waals surface area contributed by atoms with Crippen molar-refractivity contribution >= 4 is 0 Å². The van der Waals surface area contributed by atoms with Crippen molar-refractivity contribution in [3.63, 3.8) is 0 Å². The average molecular weight is 199 g/mol. The van der Waals surface area contributed by atoms with Gasteiger partial charge in [0.2, 0.25) is 0 Å². The Bertz CT molecular complexity index is 137. The van der Waals surface area contributed by atoms with Crippen LogP contribution in [0.5, 0.6) is 0 Å². The molecule has 1 saturated heterocycles. The molecule has 0 spiro atoms. The zero-order chi connectivity index (χ0) is 10.4. The highest BCUT2D eigenvalue weighted by molar-refractivity contribution is 4.77. The fraction of sp³-hybridized carbons (Fsp3) is 1.00. The van der Waals surface area contributed by atoms with E-state index < -0.39 is 0 Å². The van der Waals surface area contributed by atoms with Gasteiger partial charge in [-0.2, -0.15) is 0 Å². The predicted molar refractivity (Wildman–Crippen MR) is 61.7 cm³/mol. The Morgan fingerprint density at radius 1 is 1.50 bits per heavy atom. The van der Waals surface area contributed by atoms with Crippen molar-refractivity contribution in [2.24, 2.45) is 0 Å². The quantitative estimate of drug-likeness (QED) is 0.616. The number of hydrogen-bond donors (Lipinski definition) is 2. The van der Waals surface area contributed by atoms with E-state index >= 15 is 0 Å². The van der Waals surface area contributed by atoms with E-state index in [0.717, 1.165) is 19.1 Å². The highest BCUT2D eigenvalue weighted by Gasteiger charge is 2.12. The molecular formula is C11H25N3. The molecule has 0 aromatic heterocycles. The molecule has 84 valence electrons. The molecule has 14 heavy (non-hydrogen) atoms. The lowest BCUT2D eigenvalue weighted by molar-refractivity contribution is 0.268. The summed E-state index contributed by atoms with van der Waals surface area (Å²) in [6.07, 6.45) is 2.55. The lowest BCUT2D eigenvalue weighted by atomic mass is 10.2. The van der Waals surface area contributed by atoms with Crippen LogP contribution >= 0.6 is 0 Å². The summed E-state index contributed by atoms with van der Waals surface area (Å²) in [5.74, 6) is 0. The lowest BCUT2D eigenvalue weighted by Gasteiger charge is -2.21. The van der Waals surface area contributed by atoms with Gasteiger partial charge >= 0.3 is 0 Å². The average Bonchev–Trinajstić information content (AvgIpc) is 2.64. The number of nitrogens with zero attached hydrogens (tertiary/aromatic N) is 1. The van der Waals surface area contributed by atoms with Crippen molar-refractivity contribution in [2.75, 3.05) is 33.2 Å². The molecule has 1 fully saturated rings. The van der Waals surface area contributed by atoms with Crippen LogP contribution in [0.25, 0.3) is 0 Å². The molecule has 0 aromatic rings. The first-order valence-corrected chi connectivity index (χ1v) is 5.84. The second-order valence-electron chi connectivity index (χ2n) is 4.57. The van der Waals surface area contributed by atoms with Crippen LogP contribution in [0, 0.1) is 0 Å². The summed E-state index contributed by atoms with van der Waals surface area (Å²) >= 11 is 0. The highest BCUT2D eigenvalue weighted by atomic mass is 15.1. The largest absolute Gasteiger partial charge is 0.315 e. The molecule has 0 radical (unpaired) electrons. The van der Waals surface area contributed by atoms with Gasteiger partial charge in [-0.05, 0) is 53.4 Å². The SMILES string of the molecule is CC(C)N(C)CCCNC1CCNC1. The van der Waals surface area contributed by atoms with Crippen LogP contribution < -0.4 is 10.6 Å². The zero-order valence-corrected chi connectivity index (χ0v) is 9.84. The van der Waals surface area contributed by atoms with E-state index in [2.05, 4.69) is 36.4 Å². The minimum atomic E-state index is 0.670. The molecule has 0 aromatic carbocycles. The molecule has 1 unspecified atom stereocenters. The molecule has 3 heteroatoms. The Balaban J connectivity index is 1.93. The molecule has 1 atom stereocenters. The van der Waals surface area contributed by atoms with Gasteiger partial charge in [-0.25, -0.2) is 0 Å². The van der Waals surface area contributed by atoms with Crippen molar-refractivity contribution in [3.05, 3.63) is 0 Å². The Labute approximate surface area is 88.2 Å². The van der Waals surface area contributed by atoms with Crippen molar-refractivity contribution in [2.45, 2.75) is 38.8 Å². The summed E-state index contributed by atoms with van der Waals surface area (Å²) < 4.78 is 0. The smallest absolute Gasteiger partial charge is 0.0204 e. The summed E-state index contributed by atoms with van der Waals surface area (Å²) in [5.41, 5.74) is 0. The van der Waals surface area contributed by atoms with Gasteiger partial charge in [0, 0.05) is 18.6 Å². The molecule has 3 nitrogen and oxygen atoms in total. The first kappa shape index (κ1) is 12.0. The third-order valence-electron chi connectivity index (χ3n) is 3.06. The summed E-state index contributed by atoms with van der Waals surface area (Å²) in [6, 6.07) is 1.39. The molecule has 1 aliphatic rings. The maximum atomic E-state index is 3.59. The molecule has 0 bridgehead atoms. The third kappa shape index (κ3) is 4.40. The lowest BCUT2D eigenvalue weighted by Crippen LogP contribution is -2.34. The predicted octanol–water partition coefficient (Wildman–Crippen LogP) is 0.668. The van der Waals surface area contributed by atoms with Gasteiger partial charge in [-0.3, -0.25) is 0 Å². The molecule has 0 aliphatic carbocycles. The van der Waals surface area contributed by atoms with Gasteiger partial charge in [-0.15, -0.1) is 0 Å². The van der Waals surface area contributed by atoms with Crippen molar-refractivity contribution in [3.8, 4) is 0 Å². The molecule has 0 amide bonds. The maximum Gasteiger partial charge on any atom is 0.0204 e. The second-order valence-corrected chi connectivity index (χ2v) is 4.57. The van der Waals surface area contributed by atoms with Crippen LogP contribution in [0.2, 0.25) is 0 Å². The van der Waals surface area contributed by atoms with Crippen LogP contribution in [-0.4, -0.2) is 50.2 Å². The van der Waals surface area contributed by atoms with Crippen LogP contribution in [0.3, 0.4) is 0 Å². The van der Waals surface area contributed by atoms with E-state index in [0.29, 0.717) is 6.04 Å². The summed E-state index contributed by atoms with van der Waals surface area (Å²) in [4.78, 5) is 2.40. The van der Waals surface area contributed by atoms with Gasteiger partial charge < -0.3 is 15.5 Å². The van der Waals surface area contributed by atoms with Crippen LogP contribution in [-0.2, 0) is 0 Å². The topological polar surface area (TPSA) is 27.3 Å².